The molecule has 1 amide bonds. The Bertz CT molecular complexity index is 630. The highest BCUT2D eigenvalue weighted by molar-refractivity contribution is 6.04. The van der Waals surface area contributed by atoms with Crippen LogP contribution in [0.15, 0.2) is 30.6 Å². The van der Waals surface area contributed by atoms with Gasteiger partial charge in [-0.3, -0.25) is 20.2 Å². The number of nitrogens with zero attached hydrogens (tertiary/aromatic N) is 4. The molecule has 0 aliphatic rings. The van der Waals surface area contributed by atoms with Gasteiger partial charge >= 0.3 is 0 Å². The number of rotatable bonds is 3. The molecule has 0 fully saturated rings. The smallest absolute Gasteiger partial charge is 0.292 e. The Kier molecular flexibility index (Phi) is 3.28. The summed E-state index contributed by atoms with van der Waals surface area (Å²) in [5.41, 5.74) is 5.16. The molecule has 19 heavy (non-hydrogen) atoms. The lowest BCUT2D eigenvalue weighted by molar-refractivity contribution is -0.383. The number of anilines is 2. The summed E-state index contributed by atoms with van der Waals surface area (Å²) >= 11 is 0. The molecule has 1 aromatic carbocycles. The highest BCUT2D eigenvalue weighted by atomic mass is 16.6. The monoisotopic (exact) mass is 260 g/mol. The van der Waals surface area contributed by atoms with E-state index in [1.165, 1.54) is 24.5 Å². The summed E-state index contributed by atoms with van der Waals surface area (Å²) in [6.45, 7) is 0. The topological polar surface area (TPSA) is 137 Å². The van der Waals surface area contributed by atoms with Gasteiger partial charge < -0.3 is 5.73 Å². The molecule has 3 N–H and O–H groups in total. The van der Waals surface area contributed by atoms with Gasteiger partial charge in [-0.05, 0) is 12.1 Å². The van der Waals surface area contributed by atoms with Gasteiger partial charge in [-0.1, -0.05) is 0 Å². The summed E-state index contributed by atoms with van der Waals surface area (Å²) in [6, 6.07) is 3.74. The molecule has 2 aromatic rings. The molecular formula is C10H8N6O3. The van der Waals surface area contributed by atoms with Crippen LogP contribution in [0.1, 0.15) is 10.4 Å². The van der Waals surface area contributed by atoms with Crippen molar-refractivity contribution in [1.82, 2.24) is 15.2 Å². The third-order valence-electron chi connectivity index (χ3n) is 2.20. The quantitative estimate of drug-likeness (QED) is 0.468. The number of carbonyl (C=O) groups is 1. The minimum absolute atomic E-state index is 0.00646. The molecule has 0 saturated heterocycles. The fourth-order valence-corrected chi connectivity index (χ4v) is 1.32. The Morgan fingerprint density at radius 2 is 2.16 bits per heavy atom. The van der Waals surface area contributed by atoms with Gasteiger partial charge in [0.1, 0.15) is 5.69 Å². The normalized spacial score (nSPS) is 9.89. The second-order valence-corrected chi connectivity index (χ2v) is 3.45. The Morgan fingerprint density at radius 3 is 2.79 bits per heavy atom. The Morgan fingerprint density at radius 1 is 1.37 bits per heavy atom. The van der Waals surface area contributed by atoms with Crippen LogP contribution in [0, 0.1) is 10.1 Å². The molecule has 1 heterocycles. The second-order valence-electron chi connectivity index (χ2n) is 3.45. The van der Waals surface area contributed by atoms with E-state index in [1.54, 1.807) is 0 Å². The molecule has 0 radical (unpaired) electrons. The molecule has 0 atom stereocenters. The van der Waals surface area contributed by atoms with Crippen molar-refractivity contribution in [3.05, 3.63) is 46.3 Å². The first-order valence-electron chi connectivity index (χ1n) is 5.07. The summed E-state index contributed by atoms with van der Waals surface area (Å²) in [4.78, 5) is 25.6. The Balaban J connectivity index is 2.25. The van der Waals surface area contributed by atoms with Crippen LogP contribution in [-0.4, -0.2) is 26.0 Å². The Labute approximate surface area is 106 Å². The number of benzene rings is 1. The first-order valence-corrected chi connectivity index (χ1v) is 5.07. The predicted octanol–water partition coefficient (Wildman–Crippen LogP) is 0.614. The van der Waals surface area contributed by atoms with Gasteiger partial charge in [0.2, 0.25) is 5.95 Å². The molecule has 9 nitrogen and oxygen atoms in total. The number of nitrogen functional groups attached to an aromatic ring is 1. The maximum Gasteiger partial charge on any atom is 0.292 e. The molecule has 2 rings (SSSR count). The molecule has 0 unspecified atom stereocenters. The number of aromatic nitrogens is 3. The number of nitrogens with two attached hydrogens (primary N) is 1. The van der Waals surface area contributed by atoms with Gasteiger partial charge in [-0.2, -0.15) is 5.10 Å². The number of carbonyl (C=O) groups excluding carboxylic acids is 1. The maximum atomic E-state index is 11.8. The molecule has 0 spiro atoms. The number of nitro groups is 1. The molecule has 0 aliphatic heterocycles. The zero-order valence-corrected chi connectivity index (χ0v) is 9.48. The van der Waals surface area contributed by atoms with Gasteiger partial charge in [-0.15, -0.1) is 5.10 Å². The predicted molar refractivity (Wildman–Crippen MR) is 65.3 cm³/mol. The molecule has 1 aromatic heterocycles. The summed E-state index contributed by atoms with van der Waals surface area (Å²) in [6.07, 6.45) is 2.71. The average Bonchev–Trinajstić information content (AvgIpc) is 2.40. The van der Waals surface area contributed by atoms with Crippen molar-refractivity contribution < 1.29 is 9.72 Å². The SMILES string of the molecule is Nc1ccc(C(=O)Nc2nccnn2)cc1[N+](=O)[O-]. The standard InChI is InChI=1S/C10H8N6O3/c11-7-2-1-6(5-8(7)16(18)19)9(17)14-10-12-3-4-13-15-10/h1-5H,11H2,(H,12,14,15,17). The number of hydrogen-bond acceptors (Lipinski definition) is 7. The zero-order chi connectivity index (χ0) is 13.8. The minimum atomic E-state index is -0.660. The van der Waals surface area contributed by atoms with Gasteiger partial charge in [0.15, 0.2) is 0 Å². The van der Waals surface area contributed by atoms with E-state index in [1.807, 2.05) is 0 Å². The lowest BCUT2D eigenvalue weighted by atomic mass is 10.1. The van der Waals surface area contributed by atoms with Crippen LogP contribution < -0.4 is 11.1 Å². The van der Waals surface area contributed by atoms with E-state index in [0.717, 1.165) is 6.07 Å². The van der Waals surface area contributed by atoms with Crippen molar-refractivity contribution in [2.45, 2.75) is 0 Å². The van der Waals surface area contributed by atoms with Crippen LogP contribution in [0.3, 0.4) is 0 Å². The minimum Gasteiger partial charge on any atom is -0.393 e. The van der Waals surface area contributed by atoms with Crippen molar-refractivity contribution in [2.24, 2.45) is 0 Å². The van der Waals surface area contributed by atoms with E-state index < -0.39 is 10.8 Å². The summed E-state index contributed by atoms with van der Waals surface area (Å²) in [5, 5.41) is 20.2. The molecule has 96 valence electrons. The van der Waals surface area contributed by atoms with Crippen LogP contribution in [0.5, 0.6) is 0 Å². The van der Waals surface area contributed by atoms with Crippen molar-refractivity contribution >= 4 is 23.2 Å². The molecular weight excluding hydrogens is 252 g/mol. The zero-order valence-electron chi connectivity index (χ0n) is 9.48. The van der Waals surface area contributed by atoms with Gasteiger partial charge in [0.05, 0.1) is 17.3 Å². The third-order valence-corrected chi connectivity index (χ3v) is 2.20. The van der Waals surface area contributed by atoms with Gasteiger partial charge in [0.25, 0.3) is 11.6 Å². The van der Waals surface area contributed by atoms with E-state index >= 15 is 0 Å². The number of nitrogens with one attached hydrogen (secondary N) is 1. The fraction of sp³-hybridized carbons (Fsp3) is 0. The van der Waals surface area contributed by atoms with Crippen LogP contribution in [0.2, 0.25) is 0 Å². The number of hydrogen-bond donors (Lipinski definition) is 2. The molecule has 0 bridgehead atoms. The lowest BCUT2D eigenvalue weighted by Crippen LogP contribution is -2.14. The van der Waals surface area contributed by atoms with Crippen LogP contribution >= 0.6 is 0 Å². The van der Waals surface area contributed by atoms with E-state index in [4.69, 9.17) is 5.73 Å². The van der Waals surface area contributed by atoms with E-state index in [9.17, 15) is 14.9 Å². The van der Waals surface area contributed by atoms with E-state index in [2.05, 4.69) is 20.5 Å². The first kappa shape index (κ1) is 12.4. The van der Waals surface area contributed by atoms with Crippen molar-refractivity contribution in [3.8, 4) is 0 Å². The number of amides is 1. The number of nitro benzene ring substituents is 1. The van der Waals surface area contributed by atoms with Gasteiger partial charge in [-0.25, -0.2) is 4.98 Å². The average molecular weight is 260 g/mol. The molecule has 0 aliphatic carbocycles. The highest BCUT2D eigenvalue weighted by Gasteiger charge is 2.16. The van der Waals surface area contributed by atoms with E-state index in [0.29, 0.717) is 0 Å². The fourth-order valence-electron chi connectivity index (χ4n) is 1.32. The maximum absolute atomic E-state index is 11.8. The highest BCUT2D eigenvalue weighted by Crippen LogP contribution is 2.22. The summed E-state index contributed by atoms with van der Waals surface area (Å²) in [7, 11) is 0. The van der Waals surface area contributed by atoms with E-state index in [-0.39, 0.29) is 22.9 Å². The van der Waals surface area contributed by atoms with Crippen molar-refractivity contribution in [3.63, 3.8) is 0 Å². The summed E-state index contributed by atoms with van der Waals surface area (Å²) < 4.78 is 0. The Hall–Kier alpha value is -3.10. The van der Waals surface area contributed by atoms with Crippen molar-refractivity contribution in [2.75, 3.05) is 11.1 Å². The summed E-state index contributed by atoms with van der Waals surface area (Å²) in [5.74, 6) is -0.580. The van der Waals surface area contributed by atoms with Gasteiger partial charge in [0, 0.05) is 11.6 Å². The molecule has 9 heteroatoms. The van der Waals surface area contributed by atoms with Crippen LogP contribution in [-0.2, 0) is 0 Å². The van der Waals surface area contributed by atoms with Crippen LogP contribution in [0.25, 0.3) is 0 Å². The molecule has 0 saturated carbocycles. The second kappa shape index (κ2) is 5.04. The largest absolute Gasteiger partial charge is 0.393 e. The third kappa shape index (κ3) is 2.77. The van der Waals surface area contributed by atoms with Crippen molar-refractivity contribution in [1.29, 1.82) is 0 Å². The first-order chi connectivity index (χ1) is 9.08. The lowest BCUT2D eigenvalue weighted by Gasteiger charge is -2.03. The van der Waals surface area contributed by atoms with Crippen LogP contribution in [0.4, 0.5) is 17.3 Å².